The molecule has 1 aliphatic heterocycles. The second kappa shape index (κ2) is 8.72. The number of nitrogens with zero attached hydrogens (tertiary/aromatic N) is 5. The summed E-state index contributed by atoms with van der Waals surface area (Å²) in [5.41, 5.74) is -1.30. The van der Waals surface area contributed by atoms with Crippen molar-refractivity contribution in [3.05, 3.63) is 30.2 Å². The van der Waals surface area contributed by atoms with Crippen LogP contribution in [0.3, 0.4) is 0 Å². The lowest BCUT2D eigenvalue weighted by atomic mass is 10.0. The molecule has 0 spiro atoms. The van der Waals surface area contributed by atoms with Crippen LogP contribution in [0.25, 0.3) is 33.4 Å². The number of ether oxygens (including phenoxy) is 2. The van der Waals surface area contributed by atoms with E-state index >= 15 is 0 Å². The first-order chi connectivity index (χ1) is 18.1. The molecule has 1 amide bonds. The average Bonchev–Trinajstić information content (AvgIpc) is 3.20. The minimum absolute atomic E-state index is 0.00366. The lowest BCUT2D eigenvalue weighted by Gasteiger charge is -2.26. The van der Waals surface area contributed by atoms with Gasteiger partial charge >= 0.3 is 6.61 Å². The highest BCUT2D eigenvalue weighted by atomic mass is 19.3. The first kappa shape index (κ1) is 24.2. The molecule has 11 nitrogen and oxygen atoms in total. The zero-order chi connectivity index (χ0) is 26.8. The lowest BCUT2D eigenvalue weighted by molar-refractivity contribution is -0.132. The van der Waals surface area contributed by atoms with Crippen LogP contribution in [0.1, 0.15) is 25.0 Å². The summed E-state index contributed by atoms with van der Waals surface area (Å²) in [7, 11) is 1.51. The minimum Gasteiger partial charge on any atom is -0.475 e. The highest BCUT2D eigenvalue weighted by molar-refractivity contribution is 6.04. The third-order valence-corrected chi connectivity index (χ3v) is 6.52. The topological polar surface area (TPSA) is 132 Å². The van der Waals surface area contributed by atoms with Crippen molar-refractivity contribution in [1.29, 1.82) is 0 Å². The van der Waals surface area contributed by atoms with Gasteiger partial charge in [0.15, 0.2) is 0 Å². The molecule has 3 N–H and O–H groups in total. The van der Waals surface area contributed by atoms with Gasteiger partial charge < -0.3 is 24.9 Å². The van der Waals surface area contributed by atoms with Crippen LogP contribution in [0.15, 0.2) is 24.5 Å². The van der Waals surface area contributed by atoms with Crippen molar-refractivity contribution >= 4 is 16.9 Å². The molecule has 0 unspecified atom stereocenters. The van der Waals surface area contributed by atoms with Gasteiger partial charge in [0.1, 0.15) is 23.5 Å². The van der Waals surface area contributed by atoms with Gasteiger partial charge in [-0.05, 0) is 25.0 Å². The van der Waals surface area contributed by atoms with Crippen LogP contribution in [0.2, 0.25) is 0 Å². The van der Waals surface area contributed by atoms with Gasteiger partial charge in [0.05, 0.1) is 29.4 Å². The number of carbonyl (C=O) groups excluding carboxylic acids is 1. The van der Waals surface area contributed by atoms with Crippen LogP contribution in [-0.2, 0) is 18.4 Å². The van der Waals surface area contributed by atoms with Gasteiger partial charge in [-0.3, -0.25) is 9.48 Å². The maximum Gasteiger partial charge on any atom is 0.388 e. The van der Waals surface area contributed by atoms with Gasteiger partial charge in [-0.2, -0.15) is 13.9 Å². The van der Waals surface area contributed by atoms with Crippen molar-refractivity contribution in [2.24, 2.45) is 7.05 Å². The number of aromatic nitrogens is 6. The molecule has 5 heterocycles. The SMILES string of the molecule is Cn1cc(-c2c(-c3c(C(F)F)nn4c3OC[C@@H](NC(=O)C3(O)CC3)C4)[nH]c3ncccc23)c(OC(F)F)n1. The number of amides is 1. The Morgan fingerprint density at radius 3 is 2.79 bits per heavy atom. The first-order valence-corrected chi connectivity index (χ1v) is 11.7. The molecule has 4 aromatic heterocycles. The van der Waals surface area contributed by atoms with Crippen LogP contribution in [0.4, 0.5) is 17.6 Å². The molecular formula is C23H21F4N7O4. The Morgan fingerprint density at radius 2 is 2.08 bits per heavy atom. The van der Waals surface area contributed by atoms with Crippen LogP contribution in [0.5, 0.6) is 11.8 Å². The van der Waals surface area contributed by atoms with Gasteiger partial charge in [-0.25, -0.2) is 18.4 Å². The predicted molar refractivity (Wildman–Crippen MR) is 123 cm³/mol. The van der Waals surface area contributed by atoms with E-state index in [2.05, 4.69) is 30.2 Å². The molecule has 2 aliphatic rings. The van der Waals surface area contributed by atoms with Crippen LogP contribution >= 0.6 is 0 Å². The fourth-order valence-corrected chi connectivity index (χ4v) is 4.62. The van der Waals surface area contributed by atoms with E-state index in [1.54, 1.807) is 12.1 Å². The number of alkyl halides is 4. The summed E-state index contributed by atoms with van der Waals surface area (Å²) in [6.07, 6.45) is 0.601. The monoisotopic (exact) mass is 535 g/mol. The van der Waals surface area contributed by atoms with Crippen LogP contribution in [-0.4, -0.2) is 65.4 Å². The Hall–Kier alpha value is -4.14. The number of aliphatic hydroxyl groups is 1. The quantitative estimate of drug-likeness (QED) is 0.310. The number of nitrogens with one attached hydrogen (secondary N) is 2. The summed E-state index contributed by atoms with van der Waals surface area (Å²) in [4.78, 5) is 19.5. The Kier molecular flexibility index (Phi) is 5.55. The van der Waals surface area contributed by atoms with E-state index in [0.29, 0.717) is 23.9 Å². The number of H-pyrrole nitrogens is 1. The summed E-state index contributed by atoms with van der Waals surface area (Å²) in [6, 6.07) is 2.65. The molecule has 6 rings (SSSR count). The molecule has 0 radical (unpaired) electrons. The summed E-state index contributed by atoms with van der Waals surface area (Å²) >= 11 is 0. The normalized spacial score (nSPS) is 18.1. The fraction of sp³-hybridized carbons (Fsp3) is 0.391. The van der Waals surface area contributed by atoms with Crippen molar-refractivity contribution in [2.75, 3.05) is 6.61 Å². The van der Waals surface area contributed by atoms with Crippen LogP contribution < -0.4 is 14.8 Å². The fourth-order valence-electron chi connectivity index (χ4n) is 4.62. The Morgan fingerprint density at radius 1 is 1.29 bits per heavy atom. The largest absolute Gasteiger partial charge is 0.475 e. The average molecular weight is 535 g/mol. The number of hydrogen-bond acceptors (Lipinski definition) is 7. The van der Waals surface area contributed by atoms with E-state index in [4.69, 9.17) is 4.74 Å². The predicted octanol–water partition coefficient (Wildman–Crippen LogP) is 2.77. The number of carbonyl (C=O) groups is 1. The molecular weight excluding hydrogens is 514 g/mol. The minimum atomic E-state index is -3.17. The molecule has 0 saturated heterocycles. The molecule has 1 saturated carbocycles. The van der Waals surface area contributed by atoms with Crippen molar-refractivity contribution in [1.82, 2.24) is 34.8 Å². The van der Waals surface area contributed by atoms with Gasteiger partial charge in [0.25, 0.3) is 12.3 Å². The molecule has 0 bridgehead atoms. The van der Waals surface area contributed by atoms with E-state index in [1.807, 2.05) is 0 Å². The lowest BCUT2D eigenvalue weighted by Crippen LogP contribution is -2.49. The number of hydrogen-bond donors (Lipinski definition) is 3. The second-order valence-corrected chi connectivity index (χ2v) is 9.24. The molecule has 1 atom stereocenters. The molecule has 4 aromatic rings. The second-order valence-electron chi connectivity index (χ2n) is 9.24. The number of aromatic amines is 1. The zero-order valence-corrected chi connectivity index (χ0v) is 19.8. The zero-order valence-electron chi connectivity index (χ0n) is 19.8. The van der Waals surface area contributed by atoms with Gasteiger partial charge in [0.2, 0.25) is 11.8 Å². The molecule has 1 aliphatic carbocycles. The Labute approximate surface area is 211 Å². The molecule has 1 fully saturated rings. The van der Waals surface area contributed by atoms with Gasteiger partial charge in [-0.1, -0.05) is 0 Å². The Balaban J connectivity index is 1.48. The Bertz CT molecular complexity index is 1540. The van der Waals surface area contributed by atoms with E-state index in [9.17, 15) is 27.5 Å². The smallest absolute Gasteiger partial charge is 0.388 e. The summed E-state index contributed by atoms with van der Waals surface area (Å²) in [5.74, 6) is -0.943. The van der Waals surface area contributed by atoms with E-state index in [0.717, 1.165) is 0 Å². The van der Waals surface area contributed by atoms with E-state index in [1.165, 1.54) is 28.8 Å². The highest BCUT2D eigenvalue weighted by Gasteiger charge is 2.49. The molecule has 200 valence electrons. The van der Waals surface area contributed by atoms with Gasteiger partial charge in [-0.15, -0.1) is 5.10 Å². The van der Waals surface area contributed by atoms with Crippen molar-refractivity contribution in [3.63, 3.8) is 0 Å². The standard InChI is InChI=1S/C23H21F4N7O4/c1-33-8-12(19(32-33)38-22(26)27)13-11-3-2-6-28-18(11)30-15(13)14-16(17(24)25)31-34-7-10(9-37-20(14)34)29-21(35)23(36)4-5-23/h2-3,6,8,10,17,22,36H,4-5,7,9H2,1H3,(H,28,30)(H,29,35)/t10-/m0/s1. The number of rotatable bonds is 7. The third-order valence-electron chi connectivity index (χ3n) is 6.52. The van der Waals surface area contributed by atoms with Gasteiger partial charge in [0, 0.05) is 30.4 Å². The highest BCUT2D eigenvalue weighted by Crippen LogP contribution is 2.47. The maximum atomic E-state index is 14.3. The maximum absolute atomic E-state index is 14.3. The van der Waals surface area contributed by atoms with E-state index < -0.39 is 42.2 Å². The summed E-state index contributed by atoms with van der Waals surface area (Å²) in [5, 5.41) is 21.2. The van der Waals surface area contributed by atoms with Crippen molar-refractivity contribution in [2.45, 2.75) is 44.1 Å². The van der Waals surface area contributed by atoms with Crippen molar-refractivity contribution in [3.8, 4) is 34.1 Å². The van der Waals surface area contributed by atoms with Crippen molar-refractivity contribution < 1.29 is 36.9 Å². The molecule has 0 aromatic carbocycles. The van der Waals surface area contributed by atoms with E-state index in [-0.39, 0.29) is 41.4 Å². The molecule has 15 heteroatoms. The third kappa shape index (κ3) is 4.02. The number of halogens is 4. The summed E-state index contributed by atoms with van der Waals surface area (Å²) in [6.45, 7) is -3.22. The number of fused-ring (bicyclic) bond motifs is 2. The summed E-state index contributed by atoms with van der Waals surface area (Å²) < 4.78 is 67.9. The number of aryl methyl sites for hydroxylation is 1. The number of pyridine rings is 1. The molecule has 38 heavy (non-hydrogen) atoms. The van der Waals surface area contributed by atoms with Crippen LogP contribution in [0, 0.1) is 0 Å². The first-order valence-electron chi connectivity index (χ1n) is 11.7.